The molecular formula is C37H49N3O6. The zero-order chi connectivity index (χ0) is 33.3. The summed E-state index contributed by atoms with van der Waals surface area (Å²) in [5.74, 6) is -0.196. The van der Waals surface area contributed by atoms with E-state index in [2.05, 4.69) is 10.6 Å². The summed E-state index contributed by atoms with van der Waals surface area (Å²) in [4.78, 5) is 28.9. The van der Waals surface area contributed by atoms with E-state index in [1.165, 1.54) is 0 Å². The number of aliphatic hydroxyl groups excluding tert-OH is 2. The number of hydrogen-bond donors (Lipinski definition) is 4. The van der Waals surface area contributed by atoms with Gasteiger partial charge in [-0.2, -0.15) is 0 Å². The van der Waals surface area contributed by atoms with Crippen molar-refractivity contribution in [3.05, 3.63) is 101 Å². The van der Waals surface area contributed by atoms with Crippen LogP contribution in [0.25, 0.3) is 0 Å². The molecule has 0 saturated carbocycles. The molecule has 4 rings (SSSR count). The molecule has 9 heteroatoms. The van der Waals surface area contributed by atoms with E-state index in [1.807, 2.05) is 97.9 Å². The Labute approximate surface area is 272 Å². The van der Waals surface area contributed by atoms with Crippen molar-refractivity contribution in [1.29, 1.82) is 0 Å². The minimum atomic E-state index is -1.07. The number of carbonyl (C=O) groups excluding carboxylic acids is 2. The number of alkyl carbamates (subject to hydrolysis) is 1. The summed E-state index contributed by atoms with van der Waals surface area (Å²) in [5.41, 5.74) is 3.02. The highest BCUT2D eigenvalue weighted by atomic mass is 16.6. The van der Waals surface area contributed by atoms with Gasteiger partial charge >= 0.3 is 6.09 Å². The van der Waals surface area contributed by atoms with Gasteiger partial charge in [0.1, 0.15) is 18.0 Å². The molecule has 0 aliphatic heterocycles. The van der Waals surface area contributed by atoms with Crippen LogP contribution < -0.4 is 15.4 Å². The molecule has 9 nitrogen and oxygen atoms in total. The minimum absolute atomic E-state index is 0.0741. The van der Waals surface area contributed by atoms with E-state index < -0.39 is 41.9 Å². The highest BCUT2D eigenvalue weighted by molar-refractivity contribution is 5.80. The molecule has 46 heavy (non-hydrogen) atoms. The number of benzene rings is 3. The lowest BCUT2D eigenvalue weighted by molar-refractivity contribution is -0.127. The molecule has 0 aromatic heterocycles. The van der Waals surface area contributed by atoms with Crippen LogP contribution in [0.15, 0.2) is 78.9 Å². The Morgan fingerprint density at radius 2 is 1.59 bits per heavy atom. The Hall–Kier alpha value is -3.92. The third kappa shape index (κ3) is 10.6. The number of aliphatic hydroxyl groups is 2. The molecule has 248 valence electrons. The molecule has 1 aliphatic rings. The summed E-state index contributed by atoms with van der Waals surface area (Å²) in [6.07, 6.45) is -1.22. The van der Waals surface area contributed by atoms with Gasteiger partial charge in [0.05, 0.1) is 24.3 Å². The van der Waals surface area contributed by atoms with E-state index in [0.29, 0.717) is 25.9 Å². The van der Waals surface area contributed by atoms with Crippen LogP contribution in [0.5, 0.6) is 5.75 Å². The second-order valence-electron chi connectivity index (χ2n) is 13.4. The van der Waals surface area contributed by atoms with Gasteiger partial charge in [-0.25, -0.2) is 4.79 Å². The predicted molar refractivity (Wildman–Crippen MR) is 179 cm³/mol. The first kappa shape index (κ1) is 34.9. The zero-order valence-electron chi connectivity index (χ0n) is 27.6. The first-order valence-corrected chi connectivity index (χ1v) is 16.0. The maximum atomic E-state index is 14.0. The normalized spacial score (nSPS) is 17.9. The van der Waals surface area contributed by atoms with Crippen molar-refractivity contribution < 1.29 is 29.3 Å². The second-order valence-corrected chi connectivity index (χ2v) is 13.4. The van der Waals surface area contributed by atoms with E-state index in [-0.39, 0.29) is 12.3 Å². The van der Waals surface area contributed by atoms with Crippen molar-refractivity contribution in [3.8, 4) is 5.75 Å². The van der Waals surface area contributed by atoms with Crippen molar-refractivity contribution >= 4 is 12.0 Å². The fourth-order valence-electron chi connectivity index (χ4n) is 5.72. The van der Waals surface area contributed by atoms with E-state index >= 15 is 0 Å². The predicted octanol–water partition coefficient (Wildman–Crippen LogP) is 4.45. The number of hydrogen-bond acceptors (Lipinski definition) is 7. The van der Waals surface area contributed by atoms with Crippen molar-refractivity contribution in [3.63, 3.8) is 0 Å². The topological polar surface area (TPSA) is 120 Å². The number of carbonyl (C=O) groups is 2. The molecule has 5 atom stereocenters. The monoisotopic (exact) mass is 631 g/mol. The summed E-state index contributed by atoms with van der Waals surface area (Å²) in [6.45, 7) is 6.69. The van der Waals surface area contributed by atoms with Crippen molar-refractivity contribution in [2.45, 2.75) is 76.3 Å². The van der Waals surface area contributed by atoms with Gasteiger partial charge in [-0.1, -0.05) is 66.7 Å². The van der Waals surface area contributed by atoms with Crippen LogP contribution in [-0.4, -0.2) is 78.2 Å². The van der Waals surface area contributed by atoms with Crippen LogP contribution in [0.2, 0.25) is 0 Å². The number of nitrogens with one attached hydrogen (secondary N) is 2. The van der Waals surface area contributed by atoms with Gasteiger partial charge in [0, 0.05) is 18.9 Å². The Morgan fingerprint density at radius 1 is 0.935 bits per heavy atom. The third-order valence-electron chi connectivity index (χ3n) is 8.08. The van der Waals surface area contributed by atoms with Gasteiger partial charge in [0.25, 0.3) is 0 Å². The molecule has 0 heterocycles. The largest absolute Gasteiger partial charge is 0.492 e. The Bertz CT molecular complexity index is 1410. The molecular weight excluding hydrogens is 582 g/mol. The molecule has 1 aliphatic carbocycles. The highest BCUT2D eigenvalue weighted by Crippen LogP contribution is 2.32. The van der Waals surface area contributed by atoms with Gasteiger partial charge in [0.15, 0.2) is 0 Å². The number of likely N-dealkylation sites (N-methyl/N-ethyl adjacent to an activating group) is 1. The van der Waals surface area contributed by atoms with Gasteiger partial charge < -0.3 is 35.2 Å². The molecule has 0 radical (unpaired) electrons. The summed E-state index contributed by atoms with van der Waals surface area (Å²) < 4.78 is 11.3. The Kier molecular flexibility index (Phi) is 12.2. The van der Waals surface area contributed by atoms with Crippen molar-refractivity contribution in [2.75, 3.05) is 27.2 Å². The maximum absolute atomic E-state index is 14.0. The quantitative estimate of drug-likeness (QED) is 0.208. The van der Waals surface area contributed by atoms with Crippen LogP contribution in [0, 0.1) is 5.92 Å². The van der Waals surface area contributed by atoms with Crippen LogP contribution in [0.1, 0.15) is 55.5 Å². The van der Waals surface area contributed by atoms with E-state index in [0.717, 1.165) is 34.5 Å². The smallest absolute Gasteiger partial charge is 0.407 e. The number of ether oxygens (including phenoxy) is 2. The first-order valence-electron chi connectivity index (χ1n) is 16.0. The first-order chi connectivity index (χ1) is 21.9. The lowest BCUT2D eigenvalue weighted by Crippen LogP contribution is -2.48. The SMILES string of the molecule is CN(C)CCOc1ccc(CC(CC(O)C(Cc2ccccc2)NC(=O)OC(C)(C)C)C(=O)NC2c3ccccc3CC2O)cc1. The lowest BCUT2D eigenvalue weighted by atomic mass is 9.88. The number of nitrogens with zero attached hydrogens (tertiary/aromatic N) is 1. The molecule has 0 spiro atoms. The summed E-state index contributed by atoms with van der Waals surface area (Å²) in [7, 11) is 3.98. The van der Waals surface area contributed by atoms with E-state index in [4.69, 9.17) is 9.47 Å². The van der Waals surface area contributed by atoms with E-state index in [1.54, 1.807) is 20.8 Å². The van der Waals surface area contributed by atoms with Crippen LogP contribution in [0.4, 0.5) is 4.79 Å². The minimum Gasteiger partial charge on any atom is -0.492 e. The molecule has 5 unspecified atom stereocenters. The molecule has 3 aromatic carbocycles. The average molecular weight is 632 g/mol. The van der Waals surface area contributed by atoms with Crippen LogP contribution in [0.3, 0.4) is 0 Å². The number of fused-ring (bicyclic) bond motifs is 1. The summed E-state index contributed by atoms with van der Waals surface area (Å²) in [5, 5.41) is 28.4. The number of amides is 2. The third-order valence-corrected chi connectivity index (χ3v) is 8.08. The molecule has 0 bridgehead atoms. The lowest BCUT2D eigenvalue weighted by Gasteiger charge is -2.29. The zero-order valence-corrected chi connectivity index (χ0v) is 27.6. The highest BCUT2D eigenvalue weighted by Gasteiger charge is 2.35. The van der Waals surface area contributed by atoms with Crippen LogP contribution >= 0.6 is 0 Å². The Morgan fingerprint density at radius 3 is 2.26 bits per heavy atom. The standard InChI is InChI=1S/C37H49N3O6/c1-37(2,3)46-36(44)38-31(22-25-11-7-6-8-12-25)32(41)24-28(21-26-15-17-29(18-16-26)45-20-19-40(4)5)35(43)39-34-30-14-10-9-13-27(30)23-33(34)42/h6-18,28,31-34,41-42H,19-24H2,1-5H3,(H,38,44)(H,39,43). The molecule has 4 N–H and O–H groups in total. The summed E-state index contributed by atoms with van der Waals surface area (Å²) >= 11 is 0. The van der Waals surface area contributed by atoms with Crippen molar-refractivity contribution in [2.24, 2.45) is 5.92 Å². The Balaban J connectivity index is 1.55. The van der Waals surface area contributed by atoms with Gasteiger partial charge in [-0.15, -0.1) is 0 Å². The van der Waals surface area contributed by atoms with E-state index in [9.17, 15) is 19.8 Å². The van der Waals surface area contributed by atoms with Crippen LogP contribution in [-0.2, 0) is 28.8 Å². The van der Waals surface area contributed by atoms with Gasteiger partial charge in [-0.3, -0.25) is 4.79 Å². The molecule has 0 fully saturated rings. The fraction of sp³-hybridized carbons (Fsp3) is 0.459. The maximum Gasteiger partial charge on any atom is 0.407 e. The van der Waals surface area contributed by atoms with Gasteiger partial charge in [0.2, 0.25) is 5.91 Å². The number of rotatable bonds is 14. The second kappa shape index (κ2) is 16.1. The average Bonchev–Trinajstić information content (AvgIpc) is 3.31. The van der Waals surface area contributed by atoms with Gasteiger partial charge in [-0.05, 0) is 88.5 Å². The molecule has 2 amide bonds. The molecule has 0 saturated heterocycles. The fourth-order valence-corrected chi connectivity index (χ4v) is 5.72. The van der Waals surface area contributed by atoms with Crippen molar-refractivity contribution in [1.82, 2.24) is 15.5 Å². The molecule has 3 aromatic rings. The summed E-state index contributed by atoms with van der Waals surface area (Å²) in [6, 6.07) is 23.7.